The maximum atomic E-state index is 12.0. The summed E-state index contributed by atoms with van der Waals surface area (Å²) in [5.74, 6) is -0.323. The van der Waals surface area contributed by atoms with Crippen LogP contribution in [0.1, 0.15) is 16.1 Å². The van der Waals surface area contributed by atoms with Crippen molar-refractivity contribution < 1.29 is 9.90 Å². The summed E-state index contributed by atoms with van der Waals surface area (Å²) in [7, 11) is 0. The first kappa shape index (κ1) is 14.5. The summed E-state index contributed by atoms with van der Waals surface area (Å²) in [6, 6.07) is 12.5. The van der Waals surface area contributed by atoms with Crippen LogP contribution in [0.25, 0.3) is 0 Å². The molecule has 4 nitrogen and oxygen atoms in total. The van der Waals surface area contributed by atoms with E-state index in [0.29, 0.717) is 11.4 Å². The molecule has 2 aromatic rings. The first-order chi connectivity index (χ1) is 9.69. The monoisotopic (exact) mass is 290 g/mol. The minimum atomic E-state index is -0.345. The Morgan fingerprint density at radius 2 is 2.00 bits per heavy atom. The predicted molar refractivity (Wildman–Crippen MR) is 77.7 cm³/mol. The summed E-state index contributed by atoms with van der Waals surface area (Å²) in [5.41, 5.74) is 1.33. The highest BCUT2D eigenvalue weighted by Gasteiger charge is 2.14. The van der Waals surface area contributed by atoms with Crippen LogP contribution in [0.2, 0.25) is 5.02 Å². The fourth-order valence-corrected chi connectivity index (χ4v) is 1.94. The van der Waals surface area contributed by atoms with Crippen molar-refractivity contribution in [2.24, 2.45) is 0 Å². The molecule has 0 saturated heterocycles. The highest BCUT2D eigenvalue weighted by atomic mass is 35.5. The number of aliphatic hydroxyl groups is 1. The molecular weight excluding hydrogens is 276 g/mol. The van der Waals surface area contributed by atoms with Crippen LogP contribution in [-0.2, 0) is 6.42 Å². The van der Waals surface area contributed by atoms with Gasteiger partial charge in [0.2, 0.25) is 0 Å². The summed E-state index contributed by atoms with van der Waals surface area (Å²) in [5, 5.41) is 12.6. The topological polar surface area (TPSA) is 62.2 Å². The molecule has 1 heterocycles. The van der Waals surface area contributed by atoms with Gasteiger partial charge in [0.1, 0.15) is 5.69 Å². The summed E-state index contributed by atoms with van der Waals surface area (Å²) in [6.07, 6.45) is 1.98. The van der Waals surface area contributed by atoms with Crippen LogP contribution in [-0.4, -0.2) is 28.6 Å². The standard InChI is InChI=1S/C15H15ClN2O2/c16-12-6-7-14(17-9-12)15(20)18-13(10-19)8-11-4-2-1-3-5-11/h1-7,9,13,19H,8,10H2,(H,18,20). The molecule has 20 heavy (non-hydrogen) atoms. The normalized spacial score (nSPS) is 11.9. The van der Waals surface area contributed by atoms with E-state index in [2.05, 4.69) is 10.3 Å². The van der Waals surface area contributed by atoms with Gasteiger partial charge in [0.25, 0.3) is 5.91 Å². The predicted octanol–water partition coefficient (Wildman–Crippen LogP) is 2.07. The molecule has 2 rings (SSSR count). The number of halogens is 1. The Morgan fingerprint density at radius 3 is 2.60 bits per heavy atom. The van der Waals surface area contributed by atoms with E-state index in [-0.39, 0.29) is 24.2 Å². The molecule has 104 valence electrons. The van der Waals surface area contributed by atoms with Gasteiger partial charge >= 0.3 is 0 Å². The van der Waals surface area contributed by atoms with Gasteiger partial charge < -0.3 is 10.4 Å². The molecule has 1 amide bonds. The number of carbonyl (C=O) groups is 1. The molecule has 5 heteroatoms. The molecule has 0 aliphatic rings. The first-order valence-electron chi connectivity index (χ1n) is 6.26. The third kappa shape index (κ3) is 4.05. The van der Waals surface area contributed by atoms with Crippen molar-refractivity contribution >= 4 is 17.5 Å². The third-order valence-corrected chi connectivity index (χ3v) is 3.06. The van der Waals surface area contributed by atoms with Crippen molar-refractivity contribution in [2.75, 3.05) is 6.61 Å². The molecule has 0 aliphatic heterocycles. The zero-order chi connectivity index (χ0) is 14.4. The van der Waals surface area contributed by atoms with Crippen LogP contribution in [0.4, 0.5) is 0 Å². The largest absolute Gasteiger partial charge is 0.394 e. The van der Waals surface area contributed by atoms with Crippen LogP contribution < -0.4 is 5.32 Å². The van der Waals surface area contributed by atoms with Crippen molar-refractivity contribution in [3.05, 3.63) is 64.9 Å². The van der Waals surface area contributed by atoms with Crippen LogP contribution in [0, 0.1) is 0 Å². The van der Waals surface area contributed by atoms with Crippen molar-refractivity contribution in [1.29, 1.82) is 0 Å². The van der Waals surface area contributed by atoms with Crippen molar-refractivity contribution in [3.63, 3.8) is 0 Å². The first-order valence-corrected chi connectivity index (χ1v) is 6.64. The van der Waals surface area contributed by atoms with Gasteiger partial charge in [-0.05, 0) is 24.1 Å². The van der Waals surface area contributed by atoms with Crippen LogP contribution >= 0.6 is 11.6 Å². The Hall–Kier alpha value is -1.91. The minimum absolute atomic E-state index is 0.131. The number of aliphatic hydroxyl groups excluding tert-OH is 1. The fraction of sp³-hybridized carbons (Fsp3) is 0.200. The lowest BCUT2D eigenvalue weighted by Gasteiger charge is -2.16. The number of amides is 1. The molecule has 0 aliphatic carbocycles. The van der Waals surface area contributed by atoms with Gasteiger partial charge in [-0.15, -0.1) is 0 Å². The van der Waals surface area contributed by atoms with E-state index >= 15 is 0 Å². The van der Waals surface area contributed by atoms with Crippen LogP contribution in [0.5, 0.6) is 0 Å². The van der Waals surface area contributed by atoms with Crippen LogP contribution in [0.15, 0.2) is 48.7 Å². The molecule has 2 N–H and O–H groups in total. The maximum absolute atomic E-state index is 12.0. The summed E-state index contributed by atoms with van der Waals surface area (Å²) in [4.78, 5) is 15.9. The van der Waals surface area contributed by atoms with Crippen molar-refractivity contribution in [3.8, 4) is 0 Å². The molecule has 1 aromatic heterocycles. The average Bonchev–Trinajstić information content (AvgIpc) is 2.48. The lowest BCUT2D eigenvalue weighted by Crippen LogP contribution is -2.39. The van der Waals surface area contributed by atoms with Gasteiger partial charge in [-0.1, -0.05) is 41.9 Å². The minimum Gasteiger partial charge on any atom is -0.394 e. The number of rotatable bonds is 5. The number of carbonyl (C=O) groups excluding carboxylic acids is 1. The molecule has 0 radical (unpaired) electrons. The fourth-order valence-electron chi connectivity index (χ4n) is 1.83. The van der Waals surface area contributed by atoms with Gasteiger partial charge in [-0.3, -0.25) is 4.79 Å². The Kier molecular flexibility index (Phi) is 5.09. The number of nitrogens with zero attached hydrogens (tertiary/aromatic N) is 1. The number of aromatic nitrogens is 1. The SMILES string of the molecule is O=C(NC(CO)Cc1ccccc1)c1ccc(Cl)cn1. The zero-order valence-electron chi connectivity index (χ0n) is 10.8. The van der Waals surface area contributed by atoms with E-state index in [0.717, 1.165) is 5.56 Å². The van der Waals surface area contributed by atoms with Gasteiger partial charge in [-0.25, -0.2) is 4.98 Å². The summed E-state index contributed by atoms with van der Waals surface area (Å²) in [6.45, 7) is -0.131. The summed E-state index contributed by atoms with van der Waals surface area (Å²) >= 11 is 5.72. The third-order valence-electron chi connectivity index (χ3n) is 2.84. The second-order valence-electron chi connectivity index (χ2n) is 4.40. The second-order valence-corrected chi connectivity index (χ2v) is 4.84. The molecule has 0 saturated carbocycles. The highest BCUT2D eigenvalue weighted by Crippen LogP contribution is 2.07. The van der Waals surface area contributed by atoms with Crippen LogP contribution in [0.3, 0.4) is 0 Å². The van der Waals surface area contributed by atoms with Gasteiger partial charge in [0.15, 0.2) is 0 Å². The Balaban J connectivity index is 1.99. The highest BCUT2D eigenvalue weighted by molar-refractivity contribution is 6.30. The van der Waals surface area contributed by atoms with E-state index in [1.54, 1.807) is 12.1 Å². The maximum Gasteiger partial charge on any atom is 0.270 e. The molecule has 0 spiro atoms. The number of benzene rings is 1. The van der Waals surface area contributed by atoms with Crippen molar-refractivity contribution in [1.82, 2.24) is 10.3 Å². The smallest absolute Gasteiger partial charge is 0.270 e. The van der Waals surface area contributed by atoms with Gasteiger partial charge in [0.05, 0.1) is 17.7 Å². The Bertz CT molecular complexity index is 558. The van der Waals surface area contributed by atoms with E-state index in [1.807, 2.05) is 30.3 Å². The molecule has 1 aromatic carbocycles. The Morgan fingerprint density at radius 1 is 1.25 bits per heavy atom. The van der Waals surface area contributed by atoms with E-state index < -0.39 is 0 Å². The second kappa shape index (κ2) is 7.03. The number of nitrogens with one attached hydrogen (secondary N) is 1. The average molecular weight is 291 g/mol. The van der Waals surface area contributed by atoms with Gasteiger partial charge in [-0.2, -0.15) is 0 Å². The molecular formula is C15H15ClN2O2. The summed E-state index contributed by atoms with van der Waals surface area (Å²) < 4.78 is 0. The zero-order valence-corrected chi connectivity index (χ0v) is 11.5. The molecule has 1 unspecified atom stereocenters. The number of pyridine rings is 1. The van der Waals surface area contributed by atoms with Gasteiger partial charge in [0, 0.05) is 6.20 Å². The molecule has 1 atom stereocenters. The lowest BCUT2D eigenvalue weighted by molar-refractivity contribution is 0.0911. The lowest BCUT2D eigenvalue weighted by atomic mass is 10.1. The van der Waals surface area contributed by atoms with E-state index in [1.165, 1.54) is 6.20 Å². The van der Waals surface area contributed by atoms with E-state index in [4.69, 9.17) is 11.6 Å². The van der Waals surface area contributed by atoms with Crippen molar-refractivity contribution in [2.45, 2.75) is 12.5 Å². The molecule has 0 fully saturated rings. The Labute approximate surface area is 122 Å². The van der Waals surface area contributed by atoms with E-state index in [9.17, 15) is 9.90 Å². The number of hydrogen-bond donors (Lipinski definition) is 2. The number of hydrogen-bond acceptors (Lipinski definition) is 3. The molecule has 0 bridgehead atoms. The quantitative estimate of drug-likeness (QED) is 0.886.